The number of H-pyrrole nitrogens is 1. The maximum Gasteiger partial charge on any atom is 0.226 e. The number of carbonyl (C=O) groups is 1. The van der Waals surface area contributed by atoms with E-state index in [-0.39, 0.29) is 28.3 Å². The minimum atomic E-state index is -0.570. The summed E-state index contributed by atoms with van der Waals surface area (Å²) in [6.45, 7) is 1.12. The molecule has 4 nitrogen and oxygen atoms in total. The summed E-state index contributed by atoms with van der Waals surface area (Å²) >= 11 is 8.46. The first-order valence-electron chi connectivity index (χ1n) is 8.64. The molecule has 1 saturated carbocycles. The van der Waals surface area contributed by atoms with Gasteiger partial charge in [0.1, 0.15) is 11.6 Å². The second kappa shape index (κ2) is 6.88. The van der Waals surface area contributed by atoms with Crippen LogP contribution in [0.2, 0.25) is 0 Å². The lowest BCUT2D eigenvalue weighted by atomic mass is 9.95. The van der Waals surface area contributed by atoms with Crippen molar-refractivity contribution in [2.75, 3.05) is 6.54 Å². The Morgan fingerprint density at radius 3 is 2.88 bits per heavy atom. The smallest absolute Gasteiger partial charge is 0.226 e. The summed E-state index contributed by atoms with van der Waals surface area (Å²) in [5.74, 6) is -0.907. The molecule has 1 atom stereocenters. The molecule has 0 radical (unpaired) electrons. The molecular weight excluding hydrogens is 424 g/mol. The highest BCUT2D eigenvalue weighted by Gasteiger charge is 2.32. The first kappa shape index (κ1) is 17.9. The van der Waals surface area contributed by atoms with Gasteiger partial charge in [-0.1, -0.05) is 0 Å². The van der Waals surface area contributed by atoms with Crippen LogP contribution in [-0.4, -0.2) is 22.0 Å². The lowest BCUT2D eigenvalue weighted by Crippen LogP contribution is -2.27. The van der Waals surface area contributed by atoms with Crippen molar-refractivity contribution < 1.29 is 13.6 Å². The fourth-order valence-electron chi connectivity index (χ4n) is 3.56. The molecule has 138 valence electrons. The van der Waals surface area contributed by atoms with E-state index in [1.54, 1.807) is 0 Å². The standard InChI is InChI=1S/C18H18BrF2N3OS/c19-11-3-4-12(20)16(17(11)21)10-5-14-13(23-18(26)24(14)8-10)6-15(25)22-7-9-1-2-9/h3-4,9-10H,1-2,5-8H2,(H,22,25)(H,23,26). The number of nitrogens with one attached hydrogen (secondary N) is 2. The molecule has 1 aliphatic heterocycles. The van der Waals surface area contributed by atoms with E-state index in [4.69, 9.17) is 12.2 Å². The molecule has 1 unspecified atom stereocenters. The average molecular weight is 442 g/mol. The van der Waals surface area contributed by atoms with Gasteiger partial charge in [0.25, 0.3) is 0 Å². The Labute approximate surface area is 163 Å². The van der Waals surface area contributed by atoms with Gasteiger partial charge in [0.15, 0.2) is 4.77 Å². The largest absolute Gasteiger partial charge is 0.355 e. The van der Waals surface area contributed by atoms with E-state index in [1.165, 1.54) is 25.0 Å². The summed E-state index contributed by atoms with van der Waals surface area (Å²) in [7, 11) is 0. The molecule has 1 amide bonds. The highest BCUT2D eigenvalue weighted by molar-refractivity contribution is 9.10. The number of amides is 1. The fraction of sp³-hybridized carbons (Fsp3) is 0.444. The third-order valence-electron chi connectivity index (χ3n) is 5.13. The van der Waals surface area contributed by atoms with Crippen LogP contribution in [0, 0.1) is 22.3 Å². The van der Waals surface area contributed by atoms with Crippen LogP contribution in [-0.2, 0) is 24.2 Å². The van der Waals surface area contributed by atoms with Gasteiger partial charge in [-0.15, -0.1) is 0 Å². The van der Waals surface area contributed by atoms with E-state index in [0.29, 0.717) is 30.2 Å². The molecule has 2 heterocycles. The third-order valence-corrected chi connectivity index (χ3v) is 6.06. The Hall–Kier alpha value is -1.54. The van der Waals surface area contributed by atoms with Crippen molar-refractivity contribution in [2.24, 2.45) is 5.92 Å². The minimum absolute atomic E-state index is 0.0557. The van der Waals surface area contributed by atoms with Gasteiger partial charge in [-0.25, -0.2) is 8.78 Å². The molecule has 1 aliphatic carbocycles. The molecule has 2 N–H and O–H groups in total. The molecular formula is C18H18BrF2N3OS. The van der Waals surface area contributed by atoms with Crippen LogP contribution >= 0.6 is 28.1 Å². The first-order chi connectivity index (χ1) is 12.4. The molecule has 0 saturated heterocycles. The van der Waals surface area contributed by atoms with Crippen molar-refractivity contribution in [1.82, 2.24) is 14.9 Å². The predicted molar refractivity (Wildman–Crippen MR) is 99.6 cm³/mol. The van der Waals surface area contributed by atoms with Crippen molar-refractivity contribution in [2.45, 2.75) is 38.1 Å². The molecule has 26 heavy (non-hydrogen) atoms. The number of imidazole rings is 1. The molecule has 0 spiro atoms. The lowest BCUT2D eigenvalue weighted by Gasteiger charge is -2.13. The molecule has 2 aliphatic rings. The van der Waals surface area contributed by atoms with Gasteiger partial charge < -0.3 is 14.9 Å². The minimum Gasteiger partial charge on any atom is -0.355 e. The van der Waals surface area contributed by atoms with Crippen molar-refractivity contribution >= 4 is 34.1 Å². The molecule has 0 bridgehead atoms. The second-order valence-corrected chi connectivity index (χ2v) is 8.29. The number of halogens is 3. The van der Waals surface area contributed by atoms with Crippen LogP contribution in [0.5, 0.6) is 0 Å². The van der Waals surface area contributed by atoms with Crippen molar-refractivity contribution in [3.63, 3.8) is 0 Å². The Balaban J connectivity index is 1.55. The summed E-state index contributed by atoms with van der Waals surface area (Å²) in [5, 5.41) is 2.93. The monoisotopic (exact) mass is 441 g/mol. The van der Waals surface area contributed by atoms with Gasteiger partial charge in [-0.2, -0.15) is 0 Å². The highest BCUT2D eigenvalue weighted by Crippen LogP contribution is 2.36. The van der Waals surface area contributed by atoms with Gasteiger partial charge in [-0.05, 0) is 65.5 Å². The van der Waals surface area contributed by atoms with Gasteiger partial charge >= 0.3 is 0 Å². The van der Waals surface area contributed by atoms with Crippen molar-refractivity contribution in [1.29, 1.82) is 0 Å². The summed E-state index contributed by atoms with van der Waals surface area (Å²) in [6.07, 6.45) is 3.00. The summed E-state index contributed by atoms with van der Waals surface area (Å²) in [4.78, 5) is 15.2. The zero-order valence-electron chi connectivity index (χ0n) is 13.9. The number of fused-ring (bicyclic) bond motifs is 1. The Morgan fingerprint density at radius 1 is 1.38 bits per heavy atom. The average Bonchev–Trinajstić information content (AvgIpc) is 3.26. The summed E-state index contributed by atoms with van der Waals surface area (Å²) in [5.41, 5.74) is 1.67. The van der Waals surface area contributed by atoms with Crippen LogP contribution in [0.1, 0.15) is 35.7 Å². The first-order valence-corrected chi connectivity index (χ1v) is 9.84. The van der Waals surface area contributed by atoms with E-state index in [1.807, 2.05) is 4.57 Å². The third kappa shape index (κ3) is 3.36. The van der Waals surface area contributed by atoms with E-state index < -0.39 is 11.6 Å². The Kier molecular flexibility index (Phi) is 4.73. The fourth-order valence-corrected chi connectivity index (χ4v) is 4.21. The number of hydrogen-bond acceptors (Lipinski definition) is 2. The van der Waals surface area contributed by atoms with Crippen LogP contribution in [0.3, 0.4) is 0 Å². The maximum absolute atomic E-state index is 14.4. The number of aromatic amines is 1. The molecule has 2 aromatic rings. The quantitative estimate of drug-likeness (QED) is 0.544. The van der Waals surface area contributed by atoms with E-state index in [9.17, 15) is 13.6 Å². The van der Waals surface area contributed by atoms with Gasteiger partial charge in [-0.3, -0.25) is 4.79 Å². The SMILES string of the molecule is O=C(Cc1[nH]c(=S)n2c1CC(c1c(F)ccc(Br)c1F)C2)NCC1CC1. The Bertz CT molecular complexity index is 935. The van der Waals surface area contributed by atoms with E-state index in [2.05, 4.69) is 26.2 Å². The van der Waals surface area contributed by atoms with Crippen LogP contribution < -0.4 is 5.32 Å². The lowest BCUT2D eigenvalue weighted by molar-refractivity contribution is -0.120. The highest BCUT2D eigenvalue weighted by atomic mass is 79.9. The normalized spacial score (nSPS) is 18.8. The van der Waals surface area contributed by atoms with E-state index >= 15 is 0 Å². The van der Waals surface area contributed by atoms with Crippen LogP contribution in [0.4, 0.5) is 8.78 Å². The van der Waals surface area contributed by atoms with Crippen molar-refractivity contribution in [3.8, 4) is 0 Å². The zero-order valence-corrected chi connectivity index (χ0v) is 16.4. The van der Waals surface area contributed by atoms with Crippen molar-refractivity contribution in [3.05, 3.63) is 50.0 Å². The topological polar surface area (TPSA) is 49.8 Å². The molecule has 1 fully saturated rings. The number of carbonyl (C=O) groups excluding carboxylic acids is 1. The van der Waals surface area contributed by atoms with Gasteiger partial charge in [0.2, 0.25) is 5.91 Å². The summed E-state index contributed by atoms with van der Waals surface area (Å²) < 4.78 is 31.3. The van der Waals surface area contributed by atoms with Crippen LogP contribution in [0.15, 0.2) is 16.6 Å². The number of benzene rings is 1. The Morgan fingerprint density at radius 2 is 2.15 bits per heavy atom. The number of aromatic nitrogens is 2. The van der Waals surface area contributed by atoms with Crippen LogP contribution in [0.25, 0.3) is 0 Å². The second-order valence-electron chi connectivity index (χ2n) is 7.05. The van der Waals surface area contributed by atoms with Gasteiger partial charge in [0, 0.05) is 36.0 Å². The molecule has 1 aromatic carbocycles. The summed E-state index contributed by atoms with van der Waals surface area (Å²) in [6, 6.07) is 2.63. The molecule has 8 heteroatoms. The zero-order chi connectivity index (χ0) is 18.4. The number of rotatable bonds is 5. The molecule has 1 aromatic heterocycles. The number of hydrogen-bond donors (Lipinski definition) is 2. The van der Waals surface area contributed by atoms with Gasteiger partial charge in [0.05, 0.1) is 10.9 Å². The molecule has 4 rings (SSSR count). The van der Waals surface area contributed by atoms with E-state index in [0.717, 1.165) is 11.4 Å². The maximum atomic E-state index is 14.4. The number of nitrogens with zero attached hydrogens (tertiary/aromatic N) is 1. The predicted octanol–water partition coefficient (Wildman–Crippen LogP) is 3.99.